The number of ketones is 2. The molecular weight excluding hydrogens is 372 g/mol. The predicted molar refractivity (Wildman–Crippen MR) is 108 cm³/mol. The van der Waals surface area contributed by atoms with E-state index in [1.165, 1.54) is 26.0 Å². The maximum absolute atomic E-state index is 11.9. The molecule has 0 atom stereocenters. The third kappa shape index (κ3) is 8.17. The molecule has 2 rings (SSSR count). The molecule has 0 heterocycles. The van der Waals surface area contributed by atoms with E-state index in [2.05, 4.69) is 0 Å². The fraction of sp³-hybridized carbons (Fsp3) is 0.130. The molecule has 0 aliphatic heterocycles. The molecule has 0 fully saturated rings. The van der Waals surface area contributed by atoms with E-state index in [-0.39, 0.29) is 18.0 Å². The summed E-state index contributed by atoms with van der Waals surface area (Å²) in [7, 11) is 0. The molecule has 29 heavy (non-hydrogen) atoms. The van der Waals surface area contributed by atoms with Crippen molar-refractivity contribution in [2.75, 3.05) is 0 Å². The number of esters is 2. The first kappa shape index (κ1) is 21.5. The lowest BCUT2D eigenvalue weighted by Crippen LogP contribution is -2.02. The third-order valence-electron chi connectivity index (χ3n) is 3.56. The molecule has 0 unspecified atom stereocenters. The fourth-order valence-electron chi connectivity index (χ4n) is 2.29. The Balaban J connectivity index is 1.85. The standard InChI is InChI=1S/C23H20O6/c1-16(24)28-22-11-5-18(6-12-22)3-9-20(26)15-21(27)10-4-19-7-13-23(14-8-19)29-17(2)25/h3-14H,15H2,1-2H3/b9-3+,10-4+. The van der Waals surface area contributed by atoms with Crippen LogP contribution in [0.2, 0.25) is 0 Å². The van der Waals surface area contributed by atoms with Gasteiger partial charge in [0.1, 0.15) is 11.5 Å². The Morgan fingerprint density at radius 1 is 0.655 bits per heavy atom. The number of carbonyl (C=O) groups excluding carboxylic acids is 4. The maximum atomic E-state index is 11.9. The van der Waals surface area contributed by atoms with Gasteiger partial charge in [0.15, 0.2) is 11.6 Å². The summed E-state index contributed by atoms with van der Waals surface area (Å²) in [5, 5.41) is 0. The van der Waals surface area contributed by atoms with Gasteiger partial charge in [-0.25, -0.2) is 0 Å². The first-order valence-electron chi connectivity index (χ1n) is 8.80. The summed E-state index contributed by atoms with van der Waals surface area (Å²) in [6.45, 7) is 2.63. The van der Waals surface area contributed by atoms with Gasteiger partial charge in [0.05, 0.1) is 6.42 Å². The molecule has 2 aromatic rings. The number of benzene rings is 2. The molecule has 0 aromatic heterocycles. The molecule has 6 nitrogen and oxygen atoms in total. The quantitative estimate of drug-likeness (QED) is 0.294. The molecule has 0 aliphatic carbocycles. The summed E-state index contributed by atoms with van der Waals surface area (Å²) in [6, 6.07) is 13.3. The maximum Gasteiger partial charge on any atom is 0.308 e. The Hall–Kier alpha value is -3.80. The van der Waals surface area contributed by atoms with Crippen LogP contribution in [0.1, 0.15) is 31.4 Å². The van der Waals surface area contributed by atoms with E-state index in [0.29, 0.717) is 11.5 Å². The second kappa shape index (κ2) is 10.5. The van der Waals surface area contributed by atoms with E-state index in [1.807, 2.05) is 0 Å². The van der Waals surface area contributed by atoms with E-state index >= 15 is 0 Å². The molecule has 0 aliphatic rings. The lowest BCUT2D eigenvalue weighted by atomic mass is 10.1. The topological polar surface area (TPSA) is 86.7 Å². The Bertz CT molecular complexity index is 870. The number of hydrogen-bond donors (Lipinski definition) is 0. The molecule has 0 saturated heterocycles. The summed E-state index contributed by atoms with van der Waals surface area (Å²) in [4.78, 5) is 45.6. The minimum Gasteiger partial charge on any atom is -0.427 e. The zero-order valence-electron chi connectivity index (χ0n) is 16.1. The van der Waals surface area contributed by atoms with E-state index in [1.54, 1.807) is 60.7 Å². The second-order valence-electron chi connectivity index (χ2n) is 6.10. The molecular formula is C23H20O6. The van der Waals surface area contributed by atoms with Gasteiger partial charge in [-0.1, -0.05) is 36.4 Å². The van der Waals surface area contributed by atoms with Crippen LogP contribution in [-0.2, 0) is 19.2 Å². The summed E-state index contributed by atoms with van der Waals surface area (Å²) in [6.07, 6.45) is 5.60. The number of ether oxygens (including phenoxy) is 2. The van der Waals surface area contributed by atoms with Crippen LogP contribution in [0.4, 0.5) is 0 Å². The second-order valence-corrected chi connectivity index (χ2v) is 6.10. The first-order chi connectivity index (χ1) is 13.8. The molecule has 2 aromatic carbocycles. The largest absolute Gasteiger partial charge is 0.427 e. The molecule has 0 N–H and O–H groups in total. The monoisotopic (exact) mass is 392 g/mol. The van der Waals surface area contributed by atoms with Crippen LogP contribution in [0.3, 0.4) is 0 Å². The van der Waals surface area contributed by atoms with Gasteiger partial charge in [-0.3, -0.25) is 19.2 Å². The van der Waals surface area contributed by atoms with Gasteiger partial charge in [-0.15, -0.1) is 0 Å². The van der Waals surface area contributed by atoms with Crippen molar-refractivity contribution in [3.8, 4) is 11.5 Å². The predicted octanol–water partition coefficient (Wildman–Crippen LogP) is 3.79. The molecule has 6 heteroatoms. The number of allylic oxidation sites excluding steroid dienone is 2. The van der Waals surface area contributed by atoms with Gasteiger partial charge in [0.2, 0.25) is 0 Å². The minimum absolute atomic E-state index is 0.246. The van der Waals surface area contributed by atoms with Gasteiger partial charge in [0, 0.05) is 13.8 Å². The molecule has 0 saturated carbocycles. The molecule has 0 amide bonds. The van der Waals surface area contributed by atoms with Crippen molar-refractivity contribution in [3.63, 3.8) is 0 Å². The van der Waals surface area contributed by atoms with E-state index in [4.69, 9.17) is 9.47 Å². The van der Waals surface area contributed by atoms with Crippen molar-refractivity contribution < 1.29 is 28.7 Å². The summed E-state index contributed by atoms with van der Waals surface area (Å²) >= 11 is 0. The van der Waals surface area contributed by atoms with E-state index < -0.39 is 11.9 Å². The van der Waals surface area contributed by atoms with Crippen LogP contribution in [-0.4, -0.2) is 23.5 Å². The van der Waals surface area contributed by atoms with Crippen molar-refractivity contribution in [3.05, 3.63) is 71.8 Å². The normalized spacial score (nSPS) is 10.8. The van der Waals surface area contributed by atoms with Gasteiger partial charge in [0.25, 0.3) is 0 Å². The SMILES string of the molecule is CC(=O)Oc1ccc(/C=C/C(=O)CC(=O)/C=C/c2ccc(OC(C)=O)cc2)cc1. The number of carbonyl (C=O) groups is 4. The average Bonchev–Trinajstić information content (AvgIpc) is 2.66. The minimum atomic E-state index is -0.407. The number of rotatable bonds is 8. The van der Waals surface area contributed by atoms with Crippen LogP contribution < -0.4 is 9.47 Å². The molecule has 0 spiro atoms. The van der Waals surface area contributed by atoms with Crippen molar-refractivity contribution in [1.82, 2.24) is 0 Å². The zero-order valence-corrected chi connectivity index (χ0v) is 16.1. The third-order valence-corrected chi connectivity index (χ3v) is 3.56. The first-order valence-corrected chi connectivity index (χ1v) is 8.80. The summed E-state index contributed by atoms with van der Waals surface area (Å²) in [5.41, 5.74) is 1.48. The molecule has 0 bridgehead atoms. The lowest BCUT2D eigenvalue weighted by molar-refractivity contribution is -0.132. The van der Waals surface area contributed by atoms with E-state index in [0.717, 1.165) is 11.1 Å². The Kier molecular flexibility index (Phi) is 7.79. The summed E-state index contributed by atoms with van der Waals surface area (Å²) in [5.74, 6) is -0.627. The van der Waals surface area contributed by atoms with Crippen molar-refractivity contribution in [1.29, 1.82) is 0 Å². The van der Waals surface area contributed by atoms with Crippen molar-refractivity contribution in [2.24, 2.45) is 0 Å². The highest BCUT2D eigenvalue weighted by Gasteiger charge is 2.04. The summed E-state index contributed by atoms with van der Waals surface area (Å²) < 4.78 is 9.86. The van der Waals surface area contributed by atoms with Gasteiger partial charge < -0.3 is 9.47 Å². The van der Waals surface area contributed by atoms with Gasteiger partial charge in [-0.2, -0.15) is 0 Å². The fourth-order valence-corrected chi connectivity index (χ4v) is 2.29. The van der Waals surface area contributed by atoms with Gasteiger partial charge >= 0.3 is 11.9 Å². The van der Waals surface area contributed by atoms with Crippen LogP contribution in [0.15, 0.2) is 60.7 Å². The molecule has 148 valence electrons. The zero-order chi connectivity index (χ0) is 21.2. The Morgan fingerprint density at radius 2 is 1.00 bits per heavy atom. The van der Waals surface area contributed by atoms with Crippen LogP contribution in [0, 0.1) is 0 Å². The van der Waals surface area contributed by atoms with Gasteiger partial charge in [-0.05, 0) is 47.5 Å². The highest BCUT2D eigenvalue weighted by atomic mass is 16.5. The van der Waals surface area contributed by atoms with Crippen LogP contribution >= 0.6 is 0 Å². The Morgan fingerprint density at radius 3 is 1.31 bits per heavy atom. The van der Waals surface area contributed by atoms with Crippen LogP contribution in [0.25, 0.3) is 12.2 Å². The lowest BCUT2D eigenvalue weighted by Gasteiger charge is -2.01. The number of hydrogen-bond acceptors (Lipinski definition) is 6. The average molecular weight is 392 g/mol. The highest BCUT2D eigenvalue weighted by Crippen LogP contribution is 2.14. The smallest absolute Gasteiger partial charge is 0.308 e. The molecule has 0 radical (unpaired) electrons. The van der Waals surface area contributed by atoms with Crippen molar-refractivity contribution in [2.45, 2.75) is 20.3 Å². The highest BCUT2D eigenvalue weighted by molar-refractivity contribution is 6.10. The van der Waals surface area contributed by atoms with E-state index in [9.17, 15) is 19.2 Å². The van der Waals surface area contributed by atoms with Crippen LogP contribution in [0.5, 0.6) is 11.5 Å². The Labute approximate surface area is 168 Å². The van der Waals surface area contributed by atoms with Crippen molar-refractivity contribution >= 4 is 35.7 Å².